The second kappa shape index (κ2) is 8.78. The number of aryl methyl sites for hydroxylation is 1. The third kappa shape index (κ3) is 5.41. The maximum absolute atomic E-state index is 12.4. The van der Waals surface area contributed by atoms with Crippen molar-refractivity contribution in [2.24, 2.45) is 0 Å². The number of nitrogens with zero attached hydrogens (tertiary/aromatic N) is 2. The van der Waals surface area contributed by atoms with Gasteiger partial charge in [-0.3, -0.25) is 9.59 Å². The molecule has 0 aliphatic carbocycles. The molecule has 0 aliphatic rings. The van der Waals surface area contributed by atoms with Gasteiger partial charge in [0.25, 0.3) is 5.91 Å². The Morgan fingerprint density at radius 2 is 1.76 bits per heavy atom. The Morgan fingerprint density at radius 1 is 1.08 bits per heavy atom. The summed E-state index contributed by atoms with van der Waals surface area (Å²) in [5, 5.41) is 4.09. The van der Waals surface area contributed by atoms with Crippen LogP contribution in [0.3, 0.4) is 0 Å². The lowest BCUT2D eigenvalue weighted by Crippen LogP contribution is -2.87. The molecule has 2 aromatic rings. The molecule has 2 N–H and O–H groups in total. The molecule has 0 saturated carbocycles. The van der Waals surface area contributed by atoms with Crippen LogP contribution in [-0.4, -0.2) is 55.8 Å². The first kappa shape index (κ1) is 19.1. The predicted molar refractivity (Wildman–Crippen MR) is 100 cm³/mol. The highest BCUT2D eigenvalue weighted by atomic mass is 32.1. The van der Waals surface area contributed by atoms with Gasteiger partial charge >= 0.3 is 0 Å². The molecule has 0 spiro atoms. The minimum Gasteiger partial charge on any atom is -0.347 e. The molecule has 0 radical (unpaired) electrons. The van der Waals surface area contributed by atoms with Crippen LogP contribution in [0.15, 0.2) is 41.8 Å². The van der Waals surface area contributed by atoms with E-state index in [4.69, 9.17) is 0 Å². The summed E-state index contributed by atoms with van der Waals surface area (Å²) in [7, 11) is 5.05. The SMILES string of the molecule is Cc1ccc([C@@H]([NH2+]CC(=O)N(C)CC(=O)N(C)C)c2cccs2)cc1. The first-order valence-electron chi connectivity index (χ1n) is 8.26. The third-order valence-electron chi connectivity index (χ3n) is 4.11. The van der Waals surface area contributed by atoms with Gasteiger partial charge in [-0.1, -0.05) is 35.9 Å². The van der Waals surface area contributed by atoms with E-state index in [0.29, 0.717) is 6.54 Å². The Morgan fingerprint density at radius 3 is 2.32 bits per heavy atom. The molecule has 2 amide bonds. The summed E-state index contributed by atoms with van der Waals surface area (Å²) in [5.74, 6) is -0.131. The first-order chi connectivity index (χ1) is 11.9. The fourth-order valence-corrected chi connectivity index (χ4v) is 3.32. The smallest absolute Gasteiger partial charge is 0.277 e. The molecule has 6 heteroatoms. The lowest BCUT2D eigenvalue weighted by molar-refractivity contribution is -0.676. The summed E-state index contributed by atoms with van der Waals surface area (Å²) < 4.78 is 0. The fraction of sp³-hybridized carbons (Fsp3) is 0.368. The maximum Gasteiger partial charge on any atom is 0.277 e. The van der Waals surface area contributed by atoms with Crippen LogP contribution >= 0.6 is 11.3 Å². The van der Waals surface area contributed by atoms with E-state index in [-0.39, 0.29) is 24.4 Å². The number of amides is 2. The lowest BCUT2D eigenvalue weighted by atomic mass is 10.0. The summed E-state index contributed by atoms with van der Waals surface area (Å²) in [4.78, 5) is 28.3. The minimum absolute atomic E-state index is 0.0520. The Balaban J connectivity index is 2.04. The van der Waals surface area contributed by atoms with Gasteiger partial charge in [0, 0.05) is 26.7 Å². The zero-order valence-electron chi connectivity index (χ0n) is 15.2. The van der Waals surface area contributed by atoms with Gasteiger partial charge in [0.1, 0.15) is 6.04 Å². The molecule has 1 aromatic heterocycles. The molecule has 134 valence electrons. The maximum atomic E-state index is 12.4. The van der Waals surface area contributed by atoms with Gasteiger partial charge in [0.2, 0.25) is 5.91 Å². The van der Waals surface area contributed by atoms with Crippen LogP contribution < -0.4 is 5.32 Å². The second-order valence-corrected chi connectivity index (χ2v) is 7.36. The van der Waals surface area contributed by atoms with E-state index in [1.165, 1.54) is 25.8 Å². The van der Waals surface area contributed by atoms with E-state index in [2.05, 4.69) is 37.3 Å². The molecule has 1 atom stereocenters. The van der Waals surface area contributed by atoms with Crippen molar-refractivity contribution in [2.45, 2.75) is 13.0 Å². The van der Waals surface area contributed by atoms with Crippen molar-refractivity contribution in [3.63, 3.8) is 0 Å². The normalized spacial score (nSPS) is 11.8. The van der Waals surface area contributed by atoms with Crippen molar-refractivity contribution in [1.82, 2.24) is 9.80 Å². The Hall–Kier alpha value is -2.18. The molecule has 0 aliphatic heterocycles. The van der Waals surface area contributed by atoms with E-state index in [9.17, 15) is 9.59 Å². The summed E-state index contributed by atoms with van der Waals surface area (Å²) in [6, 6.07) is 12.6. The molecular formula is C19H26N3O2S+. The van der Waals surface area contributed by atoms with E-state index >= 15 is 0 Å². The average Bonchev–Trinajstić information content (AvgIpc) is 3.10. The van der Waals surface area contributed by atoms with Crippen molar-refractivity contribution in [1.29, 1.82) is 0 Å². The molecule has 25 heavy (non-hydrogen) atoms. The molecule has 0 unspecified atom stereocenters. The van der Waals surface area contributed by atoms with Crippen LogP contribution in [0, 0.1) is 6.92 Å². The quantitative estimate of drug-likeness (QED) is 0.808. The van der Waals surface area contributed by atoms with Gasteiger partial charge < -0.3 is 15.1 Å². The standard InChI is InChI=1S/C19H25N3O2S/c1-14-7-9-15(10-8-14)19(16-6-5-11-25-16)20-12-17(23)22(4)13-18(24)21(2)3/h5-11,19-20H,12-13H2,1-4H3/p+1/t19-/m1/s1. The van der Waals surface area contributed by atoms with Crippen molar-refractivity contribution in [2.75, 3.05) is 34.2 Å². The molecule has 0 fully saturated rings. The number of carbonyl (C=O) groups is 2. The number of quaternary nitrogens is 1. The number of benzene rings is 1. The van der Waals surface area contributed by atoms with Crippen molar-refractivity contribution in [3.8, 4) is 0 Å². The van der Waals surface area contributed by atoms with Gasteiger partial charge in [0.05, 0.1) is 11.4 Å². The number of thiophene rings is 1. The highest BCUT2D eigenvalue weighted by molar-refractivity contribution is 7.10. The van der Waals surface area contributed by atoms with E-state index < -0.39 is 0 Å². The number of nitrogens with two attached hydrogens (primary N) is 1. The second-order valence-electron chi connectivity index (χ2n) is 6.38. The number of rotatable bonds is 7. The summed E-state index contributed by atoms with van der Waals surface area (Å²) in [5.41, 5.74) is 2.39. The van der Waals surface area contributed by atoms with Gasteiger partial charge in [-0.05, 0) is 18.4 Å². The molecule has 5 nitrogen and oxygen atoms in total. The third-order valence-corrected chi connectivity index (χ3v) is 5.07. The average molecular weight is 361 g/mol. The molecule has 0 bridgehead atoms. The van der Waals surface area contributed by atoms with Crippen LogP contribution in [-0.2, 0) is 9.59 Å². The molecule has 1 aromatic carbocycles. The van der Waals surface area contributed by atoms with Gasteiger partial charge in [-0.15, -0.1) is 11.3 Å². The largest absolute Gasteiger partial charge is 0.347 e. The predicted octanol–water partition coefficient (Wildman–Crippen LogP) is 1.26. The Bertz CT molecular complexity index is 696. The van der Waals surface area contributed by atoms with E-state index in [1.807, 2.05) is 16.8 Å². The van der Waals surface area contributed by atoms with Crippen LogP contribution in [0.4, 0.5) is 0 Å². The minimum atomic E-state index is -0.0795. The van der Waals surface area contributed by atoms with Gasteiger partial charge in [-0.25, -0.2) is 0 Å². The van der Waals surface area contributed by atoms with E-state index in [0.717, 1.165) is 0 Å². The highest BCUT2D eigenvalue weighted by Gasteiger charge is 2.22. The molecule has 0 saturated heterocycles. The van der Waals surface area contributed by atoms with Crippen LogP contribution in [0.1, 0.15) is 22.0 Å². The molecular weight excluding hydrogens is 334 g/mol. The monoisotopic (exact) mass is 360 g/mol. The van der Waals surface area contributed by atoms with Crippen LogP contribution in [0.5, 0.6) is 0 Å². The zero-order chi connectivity index (χ0) is 18.4. The Labute approximate surface area is 153 Å². The van der Waals surface area contributed by atoms with E-state index in [1.54, 1.807) is 32.5 Å². The number of likely N-dealkylation sites (N-methyl/N-ethyl adjacent to an activating group) is 2. The van der Waals surface area contributed by atoms with Crippen molar-refractivity contribution >= 4 is 23.2 Å². The molecule has 1 heterocycles. The Kier molecular flexibility index (Phi) is 6.73. The number of hydrogen-bond acceptors (Lipinski definition) is 3. The highest BCUT2D eigenvalue weighted by Crippen LogP contribution is 2.22. The molecule has 2 rings (SSSR count). The van der Waals surface area contributed by atoms with Crippen LogP contribution in [0.2, 0.25) is 0 Å². The zero-order valence-corrected chi connectivity index (χ0v) is 16.0. The number of hydrogen-bond donors (Lipinski definition) is 1. The van der Waals surface area contributed by atoms with Gasteiger partial charge in [0.15, 0.2) is 6.54 Å². The summed E-state index contributed by atoms with van der Waals surface area (Å²) >= 11 is 1.69. The first-order valence-corrected chi connectivity index (χ1v) is 9.14. The fourth-order valence-electron chi connectivity index (χ4n) is 2.47. The summed E-state index contributed by atoms with van der Waals surface area (Å²) in [6.07, 6.45) is 0. The van der Waals surface area contributed by atoms with Crippen molar-refractivity contribution in [3.05, 3.63) is 57.8 Å². The lowest BCUT2D eigenvalue weighted by Gasteiger charge is -2.20. The number of carbonyl (C=O) groups excluding carboxylic acids is 2. The topological polar surface area (TPSA) is 57.2 Å². The van der Waals surface area contributed by atoms with Crippen LogP contribution in [0.25, 0.3) is 0 Å². The van der Waals surface area contributed by atoms with Crippen molar-refractivity contribution < 1.29 is 14.9 Å². The van der Waals surface area contributed by atoms with Gasteiger partial charge in [-0.2, -0.15) is 0 Å². The summed E-state index contributed by atoms with van der Waals surface area (Å²) in [6.45, 7) is 2.47.